The average molecular weight is 486 g/mol. The number of likely N-dealkylation sites (tertiary alicyclic amines) is 1. The zero-order chi connectivity index (χ0) is 25.2. The van der Waals surface area contributed by atoms with Crippen LogP contribution in [0.25, 0.3) is 33.3 Å². The predicted molar refractivity (Wildman–Crippen MR) is 144 cm³/mol. The van der Waals surface area contributed by atoms with Crippen LogP contribution in [0.1, 0.15) is 47.1 Å². The van der Waals surface area contributed by atoms with Gasteiger partial charge in [-0.1, -0.05) is 13.0 Å². The van der Waals surface area contributed by atoms with Crippen LogP contribution in [0.15, 0.2) is 47.7 Å². The monoisotopic (exact) mass is 485 g/mol. The van der Waals surface area contributed by atoms with Gasteiger partial charge in [0.25, 0.3) is 5.56 Å². The maximum atomic E-state index is 13.2. The van der Waals surface area contributed by atoms with E-state index in [1.807, 2.05) is 12.4 Å². The molecule has 1 aromatic carbocycles. The normalized spacial score (nSPS) is 19.6. The molecule has 6 rings (SSSR count). The minimum atomic E-state index is -0.160. The van der Waals surface area contributed by atoms with Gasteiger partial charge in [0.05, 0.1) is 30.0 Å². The van der Waals surface area contributed by atoms with Gasteiger partial charge in [-0.2, -0.15) is 5.10 Å². The number of nitrogens with zero attached hydrogens (tertiary/aromatic N) is 6. The molecule has 1 fully saturated rings. The first-order valence-corrected chi connectivity index (χ1v) is 13.0. The first-order chi connectivity index (χ1) is 17.2. The van der Waals surface area contributed by atoms with Gasteiger partial charge in [0.1, 0.15) is 0 Å². The van der Waals surface area contributed by atoms with E-state index in [0.717, 1.165) is 59.6 Å². The van der Waals surface area contributed by atoms with Crippen molar-refractivity contribution in [1.82, 2.24) is 29.2 Å². The molecule has 188 valence electrons. The van der Waals surface area contributed by atoms with E-state index in [9.17, 15) is 4.79 Å². The van der Waals surface area contributed by atoms with Gasteiger partial charge in [0.2, 0.25) is 5.95 Å². The Kier molecular flexibility index (Phi) is 5.33. The molecule has 0 aliphatic carbocycles. The zero-order valence-corrected chi connectivity index (χ0v) is 21.8. The van der Waals surface area contributed by atoms with Gasteiger partial charge in [0.15, 0.2) is 0 Å². The number of fused-ring (bicyclic) bond motifs is 2. The van der Waals surface area contributed by atoms with Crippen LogP contribution in [-0.4, -0.2) is 60.4 Å². The van der Waals surface area contributed by atoms with Gasteiger partial charge in [-0.3, -0.25) is 14.0 Å². The third-order valence-corrected chi connectivity index (χ3v) is 7.88. The van der Waals surface area contributed by atoms with E-state index in [0.29, 0.717) is 18.3 Å². The lowest BCUT2D eigenvalue weighted by atomic mass is 10.0. The average Bonchev–Trinajstić information content (AvgIpc) is 3.61. The van der Waals surface area contributed by atoms with E-state index in [1.54, 1.807) is 10.6 Å². The Morgan fingerprint density at radius 3 is 2.78 bits per heavy atom. The molecule has 0 saturated carbocycles. The van der Waals surface area contributed by atoms with Crippen molar-refractivity contribution in [2.75, 3.05) is 24.5 Å². The molecule has 1 unspecified atom stereocenters. The second kappa shape index (κ2) is 8.34. The minimum absolute atomic E-state index is 0.00399. The summed E-state index contributed by atoms with van der Waals surface area (Å²) < 4.78 is 3.93. The van der Waals surface area contributed by atoms with Crippen molar-refractivity contribution in [1.29, 1.82) is 0 Å². The smallest absolute Gasteiger partial charge is 0.255 e. The van der Waals surface area contributed by atoms with Crippen LogP contribution in [0, 0.1) is 0 Å². The molecule has 3 aromatic heterocycles. The number of hydrogen-bond donors (Lipinski definition) is 1. The SMILES string of the molecule is CCN1CCC(n2cc(-c3ccc4[nH]cc(-c5cc(=O)n6c(n5)N(C(C)C)C(C)(C)C6)c4c3)cn2)C1. The van der Waals surface area contributed by atoms with Crippen molar-refractivity contribution in [2.45, 2.75) is 65.2 Å². The lowest BCUT2D eigenvalue weighted by Crippen LogP contribution is -2.45. The van der Waals surface area contributed by atoms with Gasteiger partial charge >= 0.3 is 0 Å². The summed E-state index contributed by atoms with van der Waals surface area (Å²) >= 11 is 0. The van der Waals surface area contributed by atoms with Crippen LogP contribution in [0.2, 0.25) is 0 Å². The van der Waals surface area contributed by atoms with Crippen molar-refractivity contribution in [3.8, 4) is 22.4 Å². The van der Waals surface area contributed by atoms with Crippen molar-refractivity contribution in [3.63, 3.8) is 0 Å². The summed E-state index contributed by atoms with van der Waals surface area (Å²) in [6, 6.07) is 8.77. The van der Waals surface area contributed by atoms with E-state index in [2.05, 4.69) is 78.5 Å². The Balaban J connectivity index is 1.38. The fourth-order valence-corrected chi connectivity index (χ4v) is 6.14. The molecule has 1 atom stereocenters. The Hall–Kier alpha value is -3.39. The maximum absolute atomic E-state index is 13.2. The number of hydrogen-bond acceptors (Lipinski definition) is 5. The van der Waals surface area contributed by atoms with Gasteiger partial charge in [-0.25, -0.2) is 4.98 Å². The summed E-state index contributed by atoms with van der Waals surface area (Å²) in [7, 11) is 0. The topological polar surface area (TPSA) is 75.0 Å². The van der Waals surface area contributed by atoms with Crippen LogP contribution in [0.4, 0.5) is 5.95 Å². The van der Waals surface area contributed by atoms with Crippen LogP contribution in [0.3, 0.4) is 0 Å². The van der Waals surface area contributed by atoms with Crippen molar-refractivity contribution in [2.24, 2.45) is 0 Å². The fourth-order valence-electron chi connectivity index (χ4n) is 6.14. The van der Waals surface area contributed by atoms with Gasteiger partial charge < -0.3 is 14.8 Å². The Bertz CT molecular complexity index is 1490. The molecule has 2 aliphatic heterocycles. The van der Waals surface area contributed by atoms with Crippen molar-refractivity contribution < 1.29 is 0 Å². The number of rotatable bonds is 5. The molecule has 2 aliphatic rings. The predicted octanol–water partition coefficient (Wildman–Crippen LogP) is 4.53. The molecule has 36 heavy (non-hydrogen) atoms. The molecule has 0 bridgehead atoms. The molecule has 4 aromatic rings. The number of aromatic nitrogens is 5. The summed E-state index contributed by atoms with van der Waals surface area (Å²) in [4.78, 5) is 26.3. The van der Waals surface area contributed by atoms with Crippen molar-refractivity contribution >= 4 is 16.9 Å². The Labute approximate surface area is 211 Å². The molecule has 1 N–H and O–H groups in total. The van der Waals surface area contributed by atoms with E-state index in [4.69, 9.17) is 10.1 Å². The molecule has 8 heteroatoms. The number of H-pyrrole nitrogens is 1. The third kappa shape index (κ3) is 3.66. The number of benzene rings is 1. The van der Waals surface area contributed by atoms with Gasteiger partial charge in [-0.05, 0) is 58.4 Å². The summed E-state index contributed by atoms with van der Waals surface area (Å²) in [6.45, 7) is 14.8. The fraction of sp³-hybridized carbons (Fsp3) is 0.464. The molecular weight excluding hydrogens is 450 g/mol. The maximum Gasteiger partial charge on any atom is 0.255 e. The van der Waals surface area contributed by atoms with Crippen LogP contribution in [-0.2, 0) is 6.54 Å². The number of nitrogens with one attached hydrogen (secondary N) is 1. The molecule has 1 saturated heterocycles. The zero-order valence-electron chi connectivity index (χ0n) is 21.8. The van der Waals surface area contributed by atoms with Crippen LogP contribution in [0.5, 0.6) is 0 Å². The molecule has 0 spiro atoms. The summed E-state index contributed by atoms with van der Waals surface area (Å²) in [6.07, 6.45) is 7.23. The van der Waals surface area contributed by atoms with Gasteiger partial charge in [0, 0.05) is 59.6 Å². The highest BCUT2D eigenvalue weighted by Crippen LogP contribution is 2.36. The second-order valence-electron chi connectivity index (χ2n) is 11.1. The van der Waals surface area contributed by atoms with Crippen molar-refractivity contribution in [3.05, 3.63) is 53.2 Å². The first kappa shape index (κ1) is 23.0. The molecule has 0 amide bonds. The molecule has 8 nitrogen and oxygen atoms in total. The largest absolute Gasteiger partial charge is 0.360 e. The van der Waals surface area contributed by atoms with E-state index >= 15 is 0 Å². The molecular formula is C28H35N7O. The number of likely N-dealkylation sites (N-methyl/N-ethyl adjacent to an activating group) is 1. The summed E-state index contributed by atoms with van der Waals surface area (Å²) in [5.74, 6) is 0.752. The van der Waals surface area contributed by atoms with Gasteiger partial charge in [-0.15, -0.1) is 0 Å². The Morgan fingerprint density at radius 1 is 1.19 bits per heavy atom. The highest BCUT2D eigenvalue weighted by Gasteiger charge is 2.39. The standard InChI is InChI=1S/C28H35N7O/c1-6-32-10-9-21(16-32)34-15-20(13-30-34)19-7-8-24-22(11-19)23(14-29-24)25-12-26(36)33-17-28(4,5)35(18(2)3)27(33)31-25/h7-8,11-15,18,21,29H,6,9-10,16-17H2,1-5H3. The highest BCUT2D eigenvalue weighted by atomic mass is 16.1. The number of anilines is 1. The van der Waals surface area contributed by atoms with Crippen LogP contribution < -0.4 is 10.5 Å². The minimum Gasteiger partial charge on any atom is -0.360 e. The highest BCUT2D eigenvalue weighted by molar-refractivity contribution is 5.97. The number of aromatic amines is 1. The molecule has 5 heterocycles. The quantitative estimate of drug-likeness (QED) is 0.450. The van der Waals surface area contributed by atoms with Crippen LogP contribution >= 0.6 is 0 Å². The summed E-state index contributed by atoms with van der Waals surface area (Å²) in [5.41, 5.74) is 4.74. The van der Waals surface area contributed by atoms with E-state index < -0.39 is 0 Å². The first-order valence-electron chi connectivity index (χ1n) is 13.0. The lowest BCUT2D eigenvalue weighted by Gasteiger charge is -2.35. The van der Waals surface area contributed by atoms with E-state index in [1.165, 1.54) is 0 Å². The third-order valence-electron chi connectivity index (χ3n) is 7.88. The Morgan fingerprint density at radius 2 is 2.03 bits per heavy atom. The second-order valence-corrected chi connectivity index (χ2v) is 11.1. The lowest BCUT2D eigenvalue weighted by molar-refractivity contribution is 0.335. The molecule has 0 radical (unpaired) electrons. The van der Waals surface area contributed by atoms with E-state index in [-0.39, 0.29) is 17.1 Å². The summed E-state index contributed by atoms with van der Waals surface area (Å²) in [5, 5.41) is 5.76.